The molecule has 3 aromatic carbocycles. The fraction of sp³-hybridized carbons (Fsp3) is 0.220. The predicted octanol–water partition coefficient (Wildman–Crippen LogP) is 10.3. The van der Waals surface area contributed by atoms with Gasteiger partial charge in [0.1, 0.15) is 10.8 Å². The maximum Gasteiger partial charge on any atom is 0.255 e. The van der Waals surface area contributed by atoms with E-state index in [-0.39, 0.29) is 11.3 Å². The van der Waals surface area contributed by atoms with Crippen molar-refractivity contribution in [3.05, 3.63) is 143 Å². The number of nitrogens with one attached hydrogen (secondary N) is 1. The number of hydrogen-bond donors (Lipinski definition) is 1. The molecule has 236 valence electrons. The summed E-state index contributed by atoms with van der Waals surface area (Å²) in [6.07, 6.45) is 6.50. The maximum absolute atomic E-state index is 13.9. The predicted molar refractivity (Wildman–Crippen MR) is 193 cm³/mol. The Balaban J connectivity index is 1.36. The third-order valence-corrected chi connectivity index (χ3v) is 10.3. The van der Waals surface area contributed by atoms with Crippen LogP contribution in [0.4, 0.5) is 5.00 Å². The highest BCUT2D eigenvalue weighted by Gasteiger charge is 2.34. The summed E-state index contributed by atoms with van der Waals surface area (Å²) in [5, 5.41) is 3.87. The van der Waals surface area contributed by atoms with Gasteiger partial charge in [0.15, 0.2) is 0 Å². The highest BCUT2D eigenvalue weighted by molar-refractivity contribution is 7.16. The van der Waals surface area contributed by atoms with Crippen LogP contribution in [-0.2, 0) is 19.4 Å². The van der Waals surface area contributed by atoms with Crippen molar-refractivity contribution in [1.29, 1.82) is 0 Å². The fourth-order valence-corrected chi connectivity index (χ4v) is 7.89. The van der Waals surface area contributed by atoms with Crippen molar-refractivity contribution in [3.8, 4) is 28.2 Å². The van der Waals surface area contributed by atoms with E-state index >= 15 is 0 Å². The summed E-state index contributed by atoms with van der Waals surface area (Å²) in [5.74, 6) is 1.18. The van der Waals surface area contributed by atoms with Gasteiger partial charge in [-0.15, -0.1) is 11.3 Å². The first-order chi connectivity index (χ1) is 22.9. The molecule has 1 amide bonds. The van der Waals surface area contributed by atoms with Gasteiger partial charge in [-0.3, -0.25) is 4.79 Å². The largest absolute Gasteiger partial charge is 0.467 e. The number of carbonyl (C=O) groups excluding carboxylic acids is 1. The number of aliphatic imine (C=N–C) groups is 1. The summed E-state index contributed by atoms with van der Waals surface area (Å²) < 4.78 is 7.81. The summed E-state index contributed by atoms with van der Waals surface area (Å²) in [6, 6.07) is 37.3. The van der Waals surface area contributed by atoms with Crippen LogP contribution < -0.4 is 5.32 Å². The zero-order valence-electron chi connectivity index (χ0n) is 27.1. The van der Waals surface area contributed by atoms with E-state index in [1.54, 1.807) is 17.6 Å². The summed E-state index contributed by atoms with van der Waals surface area (Å²) >= 11 is 1.67. The Kier molecular flexibility index (Phi) is 8.52. The second-order valence-electron chi connectivity index (χ2n) is 13.2. The standard InChI is InChI=1S/C41H39N3O2S/c1-41(2,3)31-21-22-34-36(25-31)47-40(37(34)39(45)42-27-33-20-13-23-46-33)43-26-30-24-35(28-14-7-4-8-15-28)44(32-18-11-6-12-19-32)38(30)29-16-9-5-10-17-29/h4-20,23-24,26,31H,21-22,25,27H2,1-3H3,(H,42,45)/t31-/m0/s1. The molecule has 0 saturated carbocycles. The SMILES string of the molecule is CC(C)(C)[C@H]1CCc2c(sc(N=Cc3cc(-c4ccccc4)n(-c4ccccc4)c3-c3ccccc3)c2C(=O)NCc2ccco2)C1. The van der Waals surface area contributed by atoms with Crippen LogP contribution in [0.3, 0.4) is 0 Å². The Morgan fingerprint density at radius 2 is 1.62 bits per heavy atom. The van der Waals surface area contributed by atoms with Gasteiger partial charge in [0.05, 0.1) is 29.8 Å². The molecule has 0 unspecified atom stereocenters. The third kappa shape index (κ3) is 6.38. The van der Waals surface area contributed by atoms with Gasteiger partial charge in [-0.1, -0.05) is 99.6 Å². The molecule has 47 heavy (non-hydrogen) atoms. The van der Waals surface area contributed by atoms with Crippen LogP contribution in [0.5, 0.6) is 0 Å². The average molecular weight is 638 g/mol. The van der Waals surface area contributed by atoms with Gasteiger partial charge >= 0.3 is 0 Å². The van der Waals surface area contributed by atoms with E-state index < -0.39 is 0 Å². The fourth-order valence-electron chi connectivity index (χ4n) is 6.62. The summed E-state index contributed by atoms with van der Waals surface area (Å²) in [6.45, 7) is 7.29. The summed E-state index contributed by atoms with van der Waals surface area (Å²) in [7, 11) is 0. The minimum absolute atomic E-state index is 0.102. The Labute approximate surface area is 280 Å². The molecule has 1 aliphatic carbocycles. The van der Waals surface area contributed by atoms with Crippen molar-refractivity contribution < 1.29 is 9.21 Å². The summed E-state index contributed by atoms with van der Waals surface area (Å²) in [5.41, 5.74) is 8.44. The van der Waals surface area contributed by atoms with E-state index in [1.165, 1.54) is 4.88 Å². The zero-order chi connectivity index (χ0) is 32.4. The topological polar surface area (TPSA) is 59.5 Å². The molecule has 1 N–H and O–H groups in total. The number of thiophene rings is 1. The van der Waals surface area contributed by atoms with E-state index in [4.69, 9.17) is 9.41 Å². The molecule has 1 atom stereocenters. The maximum atomic E-state index is 13.9. The van der Waals surface area contributed by atoms with Crippen molar-refractivity contribution in [3.63, 3.8) is 0 Å². The quantitative estimate of drug-likeness (QED) is 0.169. The number of aromatic nitrogens is 1. The molecule has 7 rings (SSSR count). The lowest BCUT2D eigenvalue weighted by Crippen LogP contribution is -2.28. The van der Waals surface area contributed by atoms with Crippen molar-refractivity contribution in [1.82, 2.24) is 9.88 Å². The molecule has 0 fully saturated rings. The van der Waals surface area contributed by atoms with Crippen LogP contribution in [0.25, 0.3) is 28.2 Å². The van der Waals surface area contributed by atoms with Crippen LogP contribution in [0.1, 0.15) is 59.3 Å². The lowest BCUT2D eigenvalue weighted by atomic mass is 9.72. The molecule has 6 heteroatoms. The van der Waals surface area contributed by atoms with E-state index in [0.29, 0.717) is 18.0 Å². The van der Waals surface area contributed by atoms with E-state index in [1.807, 2.05) is 36.5 Å². The Bertz CT molecular complexity index is 2000. The lowest BCUT2D eigenvalue weighted by molar-refractivity contribution is 0.0947. The van der Waals surface area contributed by atoms with Crippen LogP contribution in [0.2, 0.25) is 0 Å². The molecular formula is C41H39N3O2S. The second kappa shape index (κ2) is 13.0. The lowest BCUT2D eigenvalue weighted by Gasteiger charge is -2.33. The number of carbonyl (C=O) groups is 1. The van der Waals surface area contributed by atoms with Crippen molar-refractivity contribution in [2.45, 2.75) is 46.6 Å². The number of benzene rings is 3. The minimum atomic E-state index is -0.102. The van der Waals surface area contributed by atoms with Crippen molar-refractivity contribution in [2.24, 2.45) is 16.3 Å². The monoisotopic (exact) mass is 637 g/mol. The number of para-hydroxylation sites is 1. The Hall–Kier alpha value is -4.94. The van der Waals surface area contributed by atoms with Crippen LogP contribution in [0, 0.1) is 11.3 Å². The Morgan fingerprint density at radius 1 is 0.936 bits per heavy atom. The molecule has 0 bridgehead atoms. The normalized spacial score (nSPS) is 14.7. The van der Waals surface area contributed by atoms with Gasteiger partial charge in [0.2, 0.25) is 0 Å². The molecule has 3 heterocycles. The molecule has 0 radical (unpaired) electrons. The van der Waals surface area contributed by atoms with Gasteiger partial charge in [0.25, 0.3) is 5.91 Å². The van der Waals surface area contributed by atoms with Gasteiger partial charge in [0, 0.05) is 22.3 Å². The van der Waals surface area contributed by atoms with E-state index in [9.17, 15) is 4.79 Å². The first-order valence-electron chi connectivity index (χ1n) is 16.3. The molecule has 0 saturated heterocycles. The van der Waals surface area contributed by atoms with Crippen LogP contribution >= 0.6 is 11.3 Å². The molecule has 0 spiro atoms. The van der Waals surface area contributed by atoms with Crippen LogP contribution in [-0.4, -0.2) is 16.7 Å². The zero-order valence-corrected chi connectivity index (χ0v) is 27.9. The molecule has 5 nitrogen and oxygen atoms in total. The number of amides is 1. The number of hydrogen-bond acceptors (Lipinski definition) is 4. The minimum Gasteiger partial charge on any atom is -0.467 e. The van der Waals surface area contributed by atoms with E-state index in [2.05, 4.69) is 110 Å². The smallest absolute Gasteiger partial charge is 0.255 e. The molecule has 6 aromatic rings. The van der Waals surface area contributed by atoms with Gasteiger partial charge in [-0.25, -0.2) is 4.99 Å². The number of fused-ring (bicyclic) bond motifs is 1. The molecule has 0 aliphatic heterocycles. The van der Waals surface area contributed by atoms with Crippen molar-refractivity contribution in [2.75, 3.05) is 0 Å². The first-order valence-corrected chi connectivity index (χ1v) is 17.1. The average Bonchev–Trinajstić information content (AvgIpc) is 3.84. The molecule has 3 aromatic heterocycles. The van der Waals surface area contributed by atoms with Gasteiger partial charge in [-0.05, 0) is 77.6 Å². The summed E-state index contributed by atoms with van der Waals surface area (Å²) in [4.78, 5) is 20.3. The Morgan fingerprint density at radius 3 is 2.28 bits per heavy atom. The number of furan rings is 1. The molecule has 1 aliphatic rings. The van der Waals surface area contributed by atoms with Crippen LogP contribution in [0.15, 0.2) is 125 Å². The number of nitrogens with zero attached hydrogens (tertiary/aromatic N) is 2. The highest BCUT2D eigenvalue weighted by atomic mass is 32.1. The van der Waals surface area contributed by atoms with Gasteiger partial charge < -0.3 is 14.3 Å². The third-order valence-electron chi connectivity index (χ3n) is 9.18. The number of rotatable bonds is 8. The highest BCUT2D eigenvalue weighted by Crippen LogP contribution is 2.45. The van der Waals surface area contributed by atoms with Gasteiger partial charge in [-0.2, -0.15) is 0 Å². The van der Waals surface area contributed by atoms with E-state index in [0.717, 1.165) is 69.4 Å². The first kappa shape index (κ1) is 30.7. The van der Waals surface area contributed by atoms with Crippen molar-refractivity contribution >= 4 is 28.5 Å². The second-order valence-corrected chi connectivity index (χ2v) is 14.3. The molecular weight excluding hydrogens is 599 g/mol.